The normalized spacial score (nSPS) is 13.2. The van der Waals surface area contributed by atoms with Crippen molar-refractivity contribution in [2.24, 2.45) is 0 Å². The van der Waals surface area contributed by atoms with Crippen molar-refractivity contribution >= 4 is 0 Å². The molecular formula is C16H13F5O. The Bertz CT molecular complexity index is 602. The van der Waals surface area contributed by atoms with Gasteiger partial charge in [0.05, 0.1) is 5.56 Å². The lowest BCUT2D eigenvalue weighted by Gasteiger charge is -2.14. The molecule has 0 saturated heterocycles. The summed E-state index contributed by atoms with van der Waals surface area (Å²) in [5.41, 5.74) is 0.793. The smallest absolute Gasteiger partial charge is 0.416 e. The minimum absolute atomic E-state index is 0.0402. The van der Waals surface area contributed by atoms with Crippen LogP contribution >= 0.6 is 0 Å². The van der Waals surface area contributed by atoms with Crippen molar-refractivity contribution in [3.63, 3.8) is 0 Å². The van der Waals surface area contributed by atoms with Crippen LogP contribution in [0.1, 0.15) is 29.5 Å². The highest BCUT2D eigenvalue weighted by molar-refractivity contribution is 5.36. The van der Waals surface area contributed by atoms with E-state index in [1.807, 2.05) is 6.92 Å². The first-order valence-electron chi connectivity index (χ1n) is 6.49. The van der Waals surface area contributed by atoms with Crippen LogP contribution in [0.25, 0.3) is 0 Å². The zero-order valence-electron chi connectivity index (χ0n) is 11.6. The number of halogens is 5. The molecule has 118 valence electrons. The monoisotopic (exact) mass is 316 g/mol. The number of hydrogen-bond donors (Lipinski definition) is 0. The second-order valence-electron chi connectivity index (χ2n) is 4.79. The van der Waals surface area contributed by atoms with E-state index in [0.717, 1.165) is 17.7 Å². The van der Waals surface area contributed by atoms with Crippen LogP contribution in [0.3, 0.4) is 0 Å². The molecule has 0 aliphatic carbocycles. The molecule has 1 nitrogen and oxygen atoms in total. The first-order chi connectivity index (χ1) is 10.3. The number of alkyl halides is 5. The fourth-order valence-electron chi connectivity index (χ4n) is 2.09. The largest absolute Gasteiger partial charge is 0.435 e. The molecule has 22 heavy (non-hydrogen) atoms. The van der Waals surface area contributed by atoms with Crippen molar-refractivity contribution in [1.29, 1.82) is 0 Å². The molecule has 0 amide bonds. The molecule has 2 rings (SSSR count). The van der Waals surface area contributed by atoms with Crippen LogP contribution in [0.5, 0.6) is 5.75 Å². The number of rotatable bonds is 4. The Morgan fingerprint density at radius 1 is 0.818 bits per heavy atom. The predicted molar refractivity (Wildman–Crippen MR) is 72.0 cm³/mol. The molecule has 0 N–H and O–H groups in total. The van der Waals surface area contributed by atoms with E-state index < -0.39 is 18.4 Å². The molecule has 0 radical (unpaired) electrons. The van der Waals surface area contributed by atoms with Gasteiger partial charge in [0, 0.05) is 5.92 Å². The van der Waals surface area contributed by atoms with E-state index in [1.54, 1.807) is 12.1 Å². The quantitative estimate of drug-likeness (QED) is 0.681. The molecular weight excluding hydrogens is 303 g/mol. The second kappa shape index (κ2) is 6.34. The van der Waals surface area contributed by atoms with E-state index in [9.17, 15) is 22.0 Å². The highest BCUT2D eigenvalue weighted by Gasteiger charge is 2.30. The molecule has 0 spiro atoms. The summed E-state index contributed by atoms with van der Waals surface area (Å²) < 4.78 is 65.9. The molecule has 0 aliphatic rings. The van der Waals surface area contributed by atoms with Gasteiger partial charge in [0.25, 0.3) is 0 Å². The third-order valence-electron chi connectivity index (χ3n) is 3.34. The lowest BCUT2D eigenvalue weighted by Crippen LogP contribution is -2.05. The molecule has 2 aromatic rings. The molecule has 0 saturated carbocycles. The van der Waals surface area contributed by atoms with Crippen molar-refractivity contribution in [3.8, 4) is 5.75 Å². The van der Waals surface area contributed by atoms with Crippen LogP contribution in [0, 0.1) is 0 Å². The lowest BCUT2D eigenvalue weighted by atomic mass is 9.92. The van der Waals surface area contributed by atoms with Gasteiger partial charge in [-0.25, -0.2) is 0 Å². The summed E-state index contributed by atoms with van der Waals surface area (Å²) in [6.07, 6.45) is -4.37. The predicted octanol–water partition coefficient (Wildman–Crippen LogP) is 5.46. The molecule has 2 aromatic carbocycles. The van der Waals surface area contributed by atoms with E-state index in [2.05, 4.69) is 4.74 Å². The standard InChI is InChI=1S/C16H13F5O/c1-10(11-2-6-13(7-3-11)16(19,20)21)12-4-8-14(9-5-12)22-15(17)18/h2-10,15H,1H3. The average Bonchev–Trinajstić information content (AvgIpc) is 2.46. The van der Waals surface area contributed by atoms with Gasteiger partial charge in [0.2, 0.25) is 0 Å². The maximum atomic E-state index is 12.5. The van der Waals surface area contributed by atoms with Gasteiger partial charge in [0.1, 0.15) is 5.75 Å². The fraction of sp³-hybridized carbons (Fsp3) is 0.250. The molecule has 1 atom stereocenters. The van der Waals surface area contributed by atoms with Gasteiger partial charge in [-0.05, 0) is 35.4 Å². The van der Waals surface area contributed by atoms with Gasteiger partial charge in [-0.2, -0.15) is 22.0 Å². The molecule has 1 unspecified atom stereocenters. The Kier molecular flexibility index (Phi) is 4.68. The first-order valence-corrected chi connectivity index (χ1v) is 6.49. The molecule has 0 fully saturated rings. The van der Waals surface area contributed by atoms with Crippen LogP contribution in [-0.4, -0.2) is 6.61 Å². The lowest BCUT2D eigenvalue weighted by molar-refractivity contribution is -0.137. The molecule has 0 aliphatic heterocycles. The van der Waals surface area contributed by atoms with Gasteiger partial charge < -0.3 is 4.74 Å². The number of hydrogen-bond acceptors (Lipinski definition) is 1. The van der Waals surface area contributed by atoms with Gasteiger partial charge >= 0.3 is 12.8 Å². The summed E-state index contributed by atoms with van der Waals surface area (Å²) in [5, 5.41) is 0. The Balaban J connectivity index is 2.15. The highest BCUT2D eigenvalue weighted by atomic mass is 19.4. The number of ether oxygens (including phenoxy) is 1. The zero-order chi connectivity index (χ0) is 16.3. The van der Waals surface area contributed by atoms with Gasteiger partial charge in [-0.3, -0.25) is 0 Å². The van der Waals surface area contributed by atoms with Crippen LogP contribution in [0.15, 0.2) is 48.5 Å². The SMILES string of the molecule is CC(c1ccc(OC(F)F)cc1)c1ccc(C(F)(F)F)cc1. The zero-order valence-corrected chi connectivity index (χ0v) is 11.6. The van der Waals surface area contributed by atoms with E-state index in [-0.39, 0.29) is 11.7 Å². The Labute approximate surface area is 124 Å². The summed E-state index contributed by atoms with van der Waals surface area (Å²) in [7, 11) is 0. The van der Waals surface area contributed by atoms with Gasteiger partial charge in [0.15, 0.2) is 0 Å². The van der Waals surface area contributed by atoms with Crippen LogP contribution in [0.2, 0.25) is 0 Å². The minimum atomic E-state index is -4.37. The molecule has 0 aromatic heterocycles. The van der Waals surface area contributed by atoms with Crippen LogP contribution < -0.4 is 4.74 Å². The average molecular weight is 316 g/mol. The minimum Gasteiger partial charge on any atom is -0.435 e. The second-order valence-corrected chi connectivity index (χ2v) is 4.79. The molecule has 0 bridgehead atoms. The molecule has 0 heterocycles. The van der Waals surface area contributed by atoms with Crippen molar-refractivity contribution < 1.29 is 26.7 Å². The summed E-state index contributed by atoms with van der Waals surface area (Å²) in [5.74, 6) is -0.124. The third kappa shape index (κ3) is 3.96. The van der Waals surface area contributed by atoms with Crippen LogP contribution in [-0.2, 0) is 6.18 Å². The van der Waals surface area contributed by atoms with E-state index >= 15 is 0 Å². The van der Waals surface area contributed by atoms with Crippen molar-refractivity contribution in [2.75, 3.05) is 0 Å². The summed E-state index contributed by atoms with van der Waals surface area (Å²) in [6.45, 7) is -1.07. The van der Waals surface area contributed by atoms with Crippen molar-refractivity contribution in [1.82, 2.24) is 0 Å². The van der Waals surface area contributed by atoms with Gasteiger partial charge in [-0.1, -0.05) is 31.2 Å². The number of benzene rings is 2. The molecule has 6 heteroatoms. The van der Waals surface area contributed by atoms with E-state index in [4.69, 9.17) is 0 Å². The van der Waals surface area contributed by atoms with Crippen molar-refractivity contribution in [3.05, 3.63) is 65.2 Å². The maximum Gasteiger partial charge on any atom is 0.416 e. The summed E-state index contributed by atoms with van der Waals surface area (Å²) >= 11 is 0. The topological polar surface area (TPSA) is 9.23 Å². The maximum absolute atomic E-state index is 12.5. The first kappa shape index (κ1) is 16.3. The fourth-order valence-corrected chi connectivity index (χ4v) is 2.09. The van der Waals surface area contributed by atoms with Gasteiger partial charge in [-0.15, -0.1) is 0 Å². The van der Waals surface area contributed by atoms with E-state index in [1.165, 1.54) is 24.3 Å². The summed E-state index contributed by atoms with van der Waals surface area (Å²) in [4.78, 5) is 0. The third-order valence-corrected chi connectivity index (χ3v) is 3.34. The van der Waals surface area contributed by atoms with Crippen LogP contribution in [0.4, 0.5) is 22.0 Å². The van der Waals surface area contributed by atoms with E-state index in [0.29, 0.717) is 5.56 Å². The highest BCUT2D eigenvalue weighted by Crippen LogP contribution is 2.32. The Morgan fingerprint density at radius 3 is 1.68 bits per heavy atom. The summed E-state index contributed by atoms with van der Waals surface area (Å²) in [6, 6.07) is 10.9. The van der Waals surface area contributed by atoms with Crippen molar-refractivity contribution in [2.45, 2.75) is 25.6 Å². The Hall–Kier alpha value is -2.11. The Morgan fingerprint density at radius 2 is 1.27 bits per heavy atom.